The molecule has 1 fully saturated rings. The highest BCUT2D eigenvalue weighted by molar-refractivity contribution is 9.10. The van der Waals surface area contributed by atoms with Crippen molar-refractivity contribution in [3.05, 3.63) is 34.4 Å². The molecule has 0 bridgehead atoms. The summed E-state index contributed by atoms with van der Waals surface area (Å²) < 4.78 is 19.4. The van der Waals surface area contributed by atoms with Gasteiger partial charge in [-0.3, -0.25) is 0 Å². The lowest BCUT2D eigenvalue weighted by atomic mass is 9.86. The fraction of sp³-hybridized carbons (Fsp3) is 0.429. The molecule has 1 aliphatic carbocycles. The molecule has 6 heteroatoms. The minimum absolute atomic E-state index is 0.271. The van der Waals surface area contributed by atoms with Gasteiger partial charge >= 0.3 is 0 Å². The maximum Gasteiger partial charge on any atom is 0.230 e. The van der Waals surface area contributed by atoms with Gasteiger partial charge < -0.3 is 10.3 Å². The van der Waals surface area contributed by atoms with Crippen molar-refractivity contribution in [1.29, 1.82) is 0 Å². The number of benzene rings is 1. The minimum Gasteiger partial charge on any atom is -0.339 e. The summed E-state index contributed by atoms with van der Waals surface area (Å²) in [6.07, 6.45) is 3.90. The Hall–Kier alpha value is -1.27. The Balaban J connectivity index is 1.83. The summed E-state index contributed by atoms with van der Waals surface area (Å²) in [6.45, 7) is 0. The van der Waals surface area contributed by atoms with E-state index in [0.29, 0.717) is 21.8 Å². The van der Waals surface area contributed by atoms with Crippen LogP contribution in [0, 0.1) is 5.82 Å². The van der Waals surface area contributed by atoms with Crippen LogP contribution in [0.3, 0.4) is 0 Å². The fourth-order valence-corrected chi connectivity index (χ4v) is 3.03. The van der Waals surface area contributed by atoms with Gasteiger partial charge in [-0.05, 0) is 43.9 Å². The largest absolute Gasteiger partial charge is 0.339 e. The number of halogens is 2. The van der Waals surface area contributed by atoms with Crippen LogP contribution in [0.1, 0.15) is 37.5 Å². The Morgan fingerprint density at radius 1 is 1.20 bits per heavy atom. The Morgan fingerprint density at radius 3 is 2.65 bits per heavy atom. The second-order valence-corrected chi connectivity index (χ2v) is 6.14. The molecule has 0 radical (unpaired) electrons. The molecule has 0 aliphatic heterocycles. The van der Waals surface area contributed by atoms with Crippen molar-refractivity contribution in [3.8, 4) is 11.4 Å². The highest BCUT2D eigenvalue weighted by atomic mass is 79.9. The van der Waals surface area contributed by atoms with E-state index in [9.17, 15) is 4.39 Å². The SMILES string of the molecule is NC1CCC(c2nc(-c3cc(F)cc(Br)c3)no2)CC1. The molecule has 0 atom stereocenters. The third kappa shape index (κ3) is 2.91. The van der Waals surface area contributed by atoms with Crippen LogP contribution in [0.2, 0.25) is 0 Å². The Morgan fingerprint density at radius 2 is 1.95 bits per heavy atom. The van der Waals surface area contributed by atoms with E-state index in [0.717, 1.165) is 25.7 Å². The quantitative estimate of drug-likeness (QED) is 0.907. The summed E-state index contributed by atoms with van der Waals surface area (Å²) in [5, 5.41) is 3.96. The molecule has 0 spiro atoms. The summed E-state index contributed by atoms with van der Waals surface area (Å²) >= 11 is 3.26. The molecule has 20 heavy (non-hydrogen) atoms. The molecular weight excluding hydrogens is 325 g/mol. The van der Waals surface area contributed by atoms with Gasteiger partial charge in [-0.25, -0.2) is 4.39 Å². The standard InChI is InChI=1S/C14H15BrFN3O/c15-10-5-9(6-11(16)7-10)13-18-14(20-19-13)8-1-3-12(17)4-2-8/h5-8,12H,1-4,17H2. The van der Waals surface area contributed by atoms with E-state index in [4.69, 9.17) is 10.3 Å². The predicted octanol–water partition coefficient (Wildman–Crippen LogP) is 3.62. The van der Waals surface area contributed by atoms with Crippen molar-refractivity contribution in [2.24, 2.45) is 5.73 Å². The number of rotatable bonds is 2. The van der Waals surface area contributed by atoms with E-state index in [-0.39, 0.29) is 17.8 Å². The molecule has 2 aromatic rings. The molecule has 1 aromatic heterocycles. The fourth-order valence-electron chi connectivity index (χ4n) is 2.57. The normalized spacial score (nSPS) is 22.9. The van der Waals surface area contributed by atoms with Crippen LogP contribution in [0.15, 0.2) is 27.2 Å². The summed E-state index contributed by atoms with van der Waals surface area (Å²) in [5.41, 5.74) is 6.50. The van der Waals surface area contributed by atoms with Crippen molar-refractivity contribution >= 4 is 15.9 Å². The van der Waals surface area contributed by atoms with Crippen LogP contribution in [0.4, 0.5) is 4.39 Å². The first-order valence-corrected chi connectivity index (χ1v) is 7.47. The lowest BCUT2D eigenvalue weighted by Crippen LogP contribution is -2.25. The summed E-state index contributed by atoms with van der Waals surface area (Å²) in [6, 6.07) is 4.85. The second kappa shape index (κ2) is 5.61. The Kier molecular flexibility index (Phi) is 3.85. The van der Waals surface area contributed by atoms with Gasteiger partial charge in [-0.1, -0.05) is 21.1 Å². The average molecular weight is 340 g/mol. The number of aromatic nitrogens is 2. The number of hydrogen-bond acceptors (Lipinski definition) is 4. The zero-order valence-corrected chi connectivity index (χ0v) is 12.4. The monoisotopic (exact) mass is 339 g/mol. The smallest absolute Gasteiger partial charge is 0.230 e. The van der Waals surface area contributed by atoms with Crippen LogP contribution in [0.5, 0.6) is 0 Å². The minimum atomic E-state index is -0.329. The first-order valence-electron chi connectivity index (χ1n) is 6.67. The van der Waals surface area contributed by atoms with Crippen molar-refractivity contribution in [3.63, 3.8) is 0 Å². The molecule has 2 N–H and O–H groups in total. The molecule has 0 amide bonds. The number of nitrogens with zero attached hydrogens (tertiary/aromatic N) is 2. The van der Waals surface area contributed by atoms with Gasteiger partial charge in [-0.2, -0.15) is 4.98 Å². The van der Waals surface area contributed by atoms with E-state index in [2.05, 4.69) is 26.1 Å². The van der Waals surface area contributed by atoms with Gasteiger partial charge in [0, 0.05) is 22.0 Å². The second-order valence-electron chi connectivity index (χ2n) is 5.23. The zero-order valence-electron chi connectivity index (χ0n) is 10.9. The van der Waals surface area contributed by atoms with E-state index >= 15 is 0 Å². The predicted molar refractivity (Wildman–Crippen MR) is 76.6 cm³/mol. The lowest BCUT2D eigenvalue weighted by molar-refractivity contribution is 0.301. The Bertz CT molecular complexity index is 588. The third-order valence-corrected chi connectivity index (χ3v) is 4.14. The van der Waals surface area contributed by atoms with Crippen molar-refractivity contribution in [2.75, 3.05) is 0 Å². The summed E-state index contributed by atoms with van der Waals surface area (Å²) in [4.78, 5) is 4.41. The van der Waals surface area contributed by atoms with E-state index < -0.39 is 0 Å². The molecular formula is C14H15BrFN3O. The molecule has 1 aliphatic rings. The van der Waals surface area contributed by atoms with E-state index in [1.807, 2.05) is 0 Å². The van der Waals surface area contributed by atoms with Crippen LogP contribution < -0.4 is 5.73 Å². The third-order valence-electron chi connectivity index (χ3n) is 3.68. The van der Waals surface area contributed by atoms with E-state index in [1.165, 1.54) is 12.1 Å². The maximum absolute atomic E-state index is 13.4. The van der Waals surface area contributed by atoms with Crippen LogP contribution in [-0.2, 0) is 0 Å². The topological polar surface area (TPSA) is 64.9 Å². The first-order chi connectivity index (χ1) is 9.61. The maximum atomic E-state index is 13.4. The van der Waals surface area contributed by atoms with Gasteiger partial charge in [0.1, 0.15) is 5.82 Å². The highest BCUT2D eigenvalue weighted by Crippen LogP contribution is 2.32. The van der Waals surface area contributed by atoms with Crippen molar-refractivity contribution in [1.82, 2.24) is 10.1 Å². The van der Waals surface area contributed by atoms with Crippen LogP contribution in [-0.4, -0.2) is 16.2 Å². The molecule has 3 rings (SSSR count). The molecule has 106 valence electrons. The van der Waals surface area contributed by atoms with Gasteiger partial charge in [0.15, 0.2) is 0 Å². The van der Waals surface area contributed by atoms with Crippen LogP contribution >= 0.6 is 15.9 Å². The lowest BCUT2D eigenvalue weighted by Gasteiger charge is -2.22. The molecule has 1 aromatic carbocycles. The van der Waals surface area contributed by atoms with Gasteiger partial charge in [-0.15, -0.1) is 0 Å². The van der Waals surface area contributed by atoms with E-state index in [1.54, 1.807) is 6.07 Å². The van der Waals surface area contributed by atoms with Gasteiger partial charge in [0.25, 0.3) is 0 Å². The van der Waals surface area contributed by atoms with Crippen molar-refractivity contribution < 1.29 is 8.91 Å². The molecule has 0 saturated heterocycles. The highest BCUT2D eigenvalue weighted by Gasteiger charge is 2.25. The number of hydrogen-bond donors (Lipinski definition) is 1. The average Bonchev–Trinajstić information content (AvgIpc) is 2.88. The number of nitrogens with two attached hydrogens (primary N) is 1. The van der Waals surface area contributed by atoms with Gasteiger partial charge in [0.2, 0.25) is 11.7 Å². The molecule has 1 heterocycles. The van der Waals surface area contributed by atoms with Gasteiger partial charge in [0.05, 0.1) is 0 Å². The first kappa shape index (κ1) is 13.7. The Labute approximate surface area is 124 Å². The molecule has 4 nitrogen and oxygen atoms in total. The zero-order chi connectivity index (χ0) is 14.1. The summed E-state index contributed by atoms with van der Waals surface area (Å²) in [7, 11) is 0. The molecule has 0 unspecified atom stereocenters. The van der Waals surface area contributed by atoms with Crippen LogP contribution in [0.25, 0.3) is 11.4 Å². The summed E-state index contributed by atoms with van der Waals surface area (Å²) in [5.74, 6) is 1.000. The molecule has 1 saturated carbocycles. The van der Waals surface area contributed by atoms with Crippen molar-refractivity contribution in [2.45, 2.75) is 37.6 Å².